The van der Waals surface area contributed by atoms with Crippen LogP contribution in [-0.2, 0) is 20.7 Å². The van der Waals surface area contributed by atoms with Crippen molar-refractivity contribution in [1.82, 2.24) is 5.32 Å². The number of aryl methyl sites for hydroxylation is 1. The van der Waals surface area contributed by atoms with Crippen molar-refractivity contribution in [2.45, 2.75) is 38.1 Å². The molecule has 1 aromatic carbocycles. The van der Waals surface area contributed by atoms with Crippen LogP contribution in [0.15, 0.2) is 24.3 Å². The number of carbonyl (C=O) groups is 3. The molecule has 0 aliphatic carbocycles. The standard InChI is InChI=1S/C18H24N2O5/c19-16(21)11-15(13-7-9-25-10-8-13)20-17(22)6-3-12-1-4-14(5-2-12)18(23)24/h1-2,4-5,13,15H,3,6-11H2,(H2,19,21)(H,20,22)(H,23,24). The van der Waals surface area contributed by atoms with Gasteiger partial charge in [-0.15, -0.1) is 0 Å². The van der Waals surface area contributed by atoms with E-state index in [1.807, 2.05) is 0 Å². The van der Waals surface area contributed by atoms with Crippen LogP contribution in [0.4, 0.5) is 0 Å². The summed E-state index contributed by atoms with van der Waals surface area (Å²) in [5.74, 6) is -1.35. The number of primary amides is 1. The van der Waals surface area contributed by atoms with Crippen molar-refractivity contribution >= 4 is 17.8 Å². The molecule has 0 radical (unpaired) electrons. The van der Waals surface area contributed by atoms with Crippen LogP contribution in [-0.4, -0.2) is 42.1 Å². The molecule has 1 aliphatic rings. The van der Waals surface area contributed by atoms with Gasteiger partial charge in [0.15, 0.2) is 0 Å². The number of benzene rings is 1. The van der Waals surface area contributed by atoms with Gasteiger partial charge < -0.3 is 20.9 Å². The van der Waals surface area contributed by atoms with E-state index in [-0.39, 0.29) is 36.3 Å². The third-order valence-electron chi connectivity index (χ3n) is 4.44. The Labute approximate surface area is 146 Å². The summed E-state index contributed by atoms with van der Waals surface area (Å²) in [5.41, 5.74) is 6.41. The van der Waals surface area contributed by atoms with Gasteiger partial charge in [-0.3, -0.25) is 9.59 Å². The second-order valence-electron chi connectivity index (χ2n) is 6.30. The maximum atomic E-state index is 12.2. The summed E-state index contributed by atoms with van der Waals surface area (Å²) in [6.45, 7) is 1.26. The number of ether oxygens (including phenoxy) is 1. The minimum absolute atomic E-state index is 0.129. The zero-order chi connectivity index (χ0) is 18.2. The Morgan fingerprint density at radius 1 is 1.20 bits per heavy atom. The second kappa shape index (κ2) is 9.17. The van der Waals surface area contributed by atoms with Gasteiger partial charge in [0.2, 0.25) is 11.8 Å². The van der Waals surface area contributed by atoms with E-state index in [9.17, 15) is 14.4 Å². The number of hydrogen-bond donors (Lipinski definition) is 3. The molecule has 7 nitrogen and oxygen atoms in total. The lowest BCUT2D eigenvalue weighted by Gasteiger charge is -2.30. The molecule has 1 heterocycles. The molecule has 1 saturated heterocycles. The molecule has 7 heteroatoms. The van der Waals surface area contributed by atoms with Crippen molar-refractivity contribution in [1.29, 1.82) is 0 Å². The van der Waals surface area contributed by atoms with Crippen molar-refractivity contribution < 1.29 is 24.2 Å². The molecule has 136 valence electrons. The highest BCUT2D eigenvalue weighted by molar-refractivity contribution is 5.87. The van der Waals surface area contributed by atoms with Gasteiger partial charge in [0.05, 0.1) is 5.56 Å². The topological polar surface area (TPSA) is 119 Å². The first kappa shape index (κ1) is 18.9. The van der Waals surface area contributed by atoms with E-state index in [0.29, 0.717) is 19.6 Å². The van der Waals surface area contributed by atoms with Crippen LogP contribution in [0, 0.1) is 5.92 Å². The highest BCUT2D eigenvalue weighted by Gasteiger charge is 2.26. The van der Waals surface area contributed by atoms with Gasteiger partial charge in [0.1, 0.15) is 0 Å². The third-order valence-corrected chi connectivity index (χ3v) is 4.44. The van der Waals surface area contributed by atoms with E-state index in [1.165, 1.54) is 12.1 Å². The molecule has 1 unspecified atom stereocenters. The van der Waals surface area contributed by atoms with Crippen LogP contribution in [0.2, 0.25) is 0 Å². The zero-order valence-electron chi connectivity index (χ0n) is 14.1. The predicted octanol–water partition coefficient (Wildman–Crippen LogP) is 1.10. The maximum Gasteiger partial charge on any atom is 0.335 e. The molecule has 0 saturated carbocycles. The highest BCUT2D eigenvalue weighted by Crippen LogP contribution is 2.21. The first-order valence-electron chi connectivity index (χ1n) is 8.43. The summed E-state index contributed by atoms with van der Waals surface area (Å²) in [5, 5.41) is 11.8. The average molecular weight is 348 g/mol. The fourth-order valence-corrected chi connectivity index (χ4v) is 3.02. The summed E-state index contributed by atoms with van der Waals surface area (Å²) in [6.07, 6.45) is 2.50. The lowest BCUT2D eigenvalue weighted by molar-refractivity contribution is -0.123. The summed E-state index contributed by atoms with van der Waals surface area (Å²) in [6, 6.07) is 6.19. The number of aromatic carboxylic acids is 1. The lowest BCUT2D eigenvalue weighted by Crippen LogP contribution is -2.44. The Morgan fingerprint density at radius 3 is 2.40 bits per heavy atom. The van der Waals surface area contributed by atoms with Crippen LogP contribution in [0.1, 0.15) is 41.6 Å². The number of hydrogen-bond acceptors (Lipinski definition) is 4. The molecular weight excluding hydrogens is 324 g/mol. The van der Waals surface area contributed by atoms with Gasteiger partial charge in [-0.1, -0.05) is 12.1 Å². The fraction of sp³-hybridized carbons (Fsp3) is 0.500. The minimum atomic E-state index is -0.977. The number of carbonyl (C=O) groups excluding carboxylic acids is 2. The molecule has 1 aromatic rings. The molecule has 25 heavy (non-hydrogen) atoms. The zero-order valence-corrected chi connectivity index (χ0v) is 14.1. The second-order valence-corrected chi connectivity index (χ2v) is 6.30. The fourth-order valence-electron chi connectivity index (χ4n) is 3.02. The van der Waals surface area contributed by atoms with Gasteiger partial charge >= 0.3 is 5.97 Å². The van der Waals surface area contributed by atoms with Crippen LogP contribution < -0.4 is 11.1 Å². The van der Waals surface area contributed by atoms with Gasteiger partial charge in [0, 0.05) is 32.1 Å². The van der Waals surface area contributed by atoms with Crippen LogP contribution >= 0.6 is 0 Å². The van der Waals surface area contributed by atoms with Crippen LogP contribution in [0.5, 0.6) is 0 Å². The van der Waals surface area contributed by atoms with Gasteiger partial charge in [-0.25, -0.2) is 4.79 Å². The number of carboxylic acids is 1. The maximum absolute atomic E-state index is 12.2. The SMILES string of the molecule is NC(=O)CC(NC(=O)CCc1ccc(C(=O)O)cc1)C1CCOCC1. The molecule has 0 aromatic heterocycles. The Kier molecular flexibility index (Phi) is 6.94. The first-order valence-corrected chi connectivity index (χ1v) is 8.43. The Morgan fingerprint density at radius 2 is 1.84 bits per heavy atom. The summed E-state index contributed by atoms with van der Waals surface area (Å²) in [4.78, 5) is 34.4. The lowest BCUT2D eigenvalue weighted by atomic mass is 9.89. The average Bonchev–Trinajstić information content (AvgIpc) is 2.60. The molecule has 1 fully saturated rings. The molecular formula is C18H24N2O5. The first-order chi connectivity index (χ1) is 12.0. The molecule has 2 rings (SSSR count). The number of rotatable bonds is 8. The Bertz CT molecular complexity index is 608. The molecule has 2 amide bonds. The number of carboxylic acid groups (broad SMARTS) is 1. The van der Waals surface area contributed by atoms with E-state index < -0.39 is 11.9 Å². The van der Waals surface area contributed by atoms with Crippen molar-refractivity contribution in [2.24, 2.45) is 11.7 Å². The smallest absolute Gasteiger partial charge is 0.335 e. The Hall–Kier alpha value is -2.41. The number of amides is 2. The Balaban J connectivity index is 1.87. The molecule has 1 atom stereocenters. The number of nitrogens with two attached hydrogens (primary N) is 1. The summed E-state index contributed by atoms with van der Waals surface area (Å²) < 4.78 is 5.32. The number of nitrogens with one attached hydrogen (secondary N) is 1. The van der Waals surface area contributed by atoms with Crippen LogP contribution in [0.25, 0.3) is 0 Å². The third kappa shape index (κ3) is 6.19. The van der Waals surface area contributed by atoms with E-state index in [0.717, 1.165) is 18.4 Å². The normalized spacial score (nSPS) is 16.2. The minimum Gasteiger partial charge on any atom is -0.478 e. The molecule has 4 N–H and O–H groups in total. The molecule has 0 bridgehead atoms. The van der Waals surface area contributed by atoms with Gasteiger partial charge in [0.25, 0.3) is 0 Å². The van der Waals surface area contributed by atoms with Gasteiger partial charge in [-0.2, -0.15) is 0 Å². The quantitative estimate of drug-likeness (QED) is 0.650. The van der Waals surface area contributed by atoms with Crippen LogP contribution in [0.3, 0.4) is 0 Å². The van der Waals surface area contributed by atoms with E-state index >= 15 is 0 Å². The summed E-state index contributed by atoms with van der Waals surface area (Å²) >= 11 is 0. The monoisotopic (exact) mass is 348 g/mol. The van der Waals surface area contributed by atoms with E-state index in [1.54, 1.807) is 12.1 Å². The van der Waals surface area contributed by atoms with Crippen molar-refractivity contribution in [3.63, 3.8) is 0 Å². The summed E-state index contributed by atoms with van der Waals surface area (Å²) in [7, 11) is 0. The van der Waals surface area contributed by atoms with E-state index in [4.69, 9.17) is 15.6 Å². The van der Waals surface area contributed by atoms with Crippen molar-refractivity contribution in [3.8, 4) is 0 Å². The van der Waals surface area contributed by atoms with E-state index in [2.05, 4.69) is 5.32 Å². The van der Waals surface area contributed by atoms with Crippen molar-refractivity contribution in [3.05, 3.63) is 35.4 Å². The molecule has 1 aliphatic heterocycles. The predicted molar refractivity (Wildman–Crippen MR) is 91.0 cm³/mol. The molecule has 0 spiro atoms. The van der Waals surface area contributed by atoms with Crippen molar-refractivity contribution in [2.75, 3.05) is 13.2 Å². The largest absolute Gasteiger partial charge is 0.478 e. The highest BCUT2D eigenvalue weighted by atomic mass is 16.5. The van der Waals surface area contributed by atoms with Gasteiger partial charge in [-0.05, 0) is 42.9 Å².